The first-order valence-corrected chi connectivity index (χ1v) is 19.7. The second-order valence-electron chi connectivity index (χ2n) is 13.9. The number of amides is 2. The second-order valence-corrected chi connectivity index (χ2v) is 18.6. The third kappa shape index (κ3) is 6.22. The van der Waals surface area contributed by atoms with Crippen LogP contribution in [0.2, 0.25) is 18.6 Å². The molecule has 46 heavy (non-hydrogen) atoms. The number of methoxy groups -OCH3 is 1. The maximum absolute atomic E-state index is 14.9. The van der Waals surface area contributed by atoms with E-state index in [0.717, 1.165) is 35.5 Å². The lowest BCUT2D eigenvalue weighted by molar-refractivity contribution is -0.146. The summed E-state index contributed by atoms with van der Waals surface area (Å²) in [5.74, 6) is 0.598. The number of rotatable bonds is 11. The Morgan fingerprint density at radius 2 is 1.87 bits per heavy atom. The van der Waals surface area contributed by atoms with E-state index in [0.29, 0.717) is 32.6 Å². The van der Waals surface area contributed by atoms with Crippen LogP contribution in [-0.2, 0) is 19.9 Å². The molecule has 0 aromatic heterocycles. The Labute approximate surface area is 275 Å². The largest absolute Gasteiger partial charge is 0.497 e. The lowest BCUT2D eigenvalue weighted by atomic mass is 9.82. The highest BCUT2D eigenvalue weighted by Crippen LogP contribution is 2.60. The van der Waals surface area contributed by atoms with Gasteiger partial charge in [-0.15, -0.1) is 0 Å². The fourth-order valence-electron chi connectivity index (χ4n) is 7.86. The molecular formula is C37H51N3O5Si. The van der Waals surface area contributed by atoms with Gasteiger partial charge in [0, 0.05) is 43.4 Å². The zero-order valence-electron chi connectivity index (χ0n) is 28.6. The Morgan fingerprint density at radius 3 is 2.52 bits per heavy atom. The maximum Gasteiger partial charge on any atom is 0.264 e. The van der Waals surface area contributed by atoms with Gasteiger partial charge in [-0.25, -0.2) is 0 Å². The van der Waals surface area contributed by atoms with Gasteiger partial charge < -0.3 is 29.7 Å². The number of anilines is 2. The topological polar surface area (TPSA) is 91.3 Å². The van der Waals surface area contributed by atoms with Crippen molar-refractivity contribution in [1.82, 2.24) is 5.32 Å². The number of nitrogens with zero attached hydrogens (tertiary/aromatic N) is 2. The summed E-state index contributed by atoms with van der Waals surface area (Å²) in [5.41, 5.74) is 3.83. The van der Waals surface area contributed by atoms with Gasteiger partial charge in [0.1, 0.15) is 5.75 Å². The van der Waals surface area contributed by atoms with Crippen molar-refractivity contribution in [3.63, 3.8) is 0 Å². The number of carbonyl (C=O) groups is 2. The molecule has 0 radical (unpaired) electrons. The highest BCUT2D eigenvalue weighted by molar-refractivity contribution is 6.91. The van der Waals surface area contributed by atoms with E-state index in [1.54, 1.807) is 7.11 Å². The molecule has 0 aliphatic carbocycles. The molecule has 2 fully saturated rings. The van der Waals surface area contributed by atoms with Crippen LogP contribution in [0.3, 0.4) is 0 Å². The fraction of sp³-hybridized carbons (Fsp3) is 0.514. The first-order valence-electron chi connectivity index (χ1n) is 16.7. The van der Waals surface area contributed by atoms with Crippen molar-refractivity contribution >= 4 is 36.4 Å². The summed E-state index contributed by atoms with van der Waals surface area (Å²) >= 11 is 0. The number of fused-ring (bicyclic) bond motifs is 2. The molecule has 2 aromatic carbocycles. The molecule has 3 aliphatic heterocycles. The van der Waals surface area contributed by atoms with E-state index in [1.807, 2.05) is 40.1 Å². The molecule has 2 saturated heterocycles. The Kier molecular flexibility index (Phi) is 10.3. The van der Waals surface area contributed by atoms with Crippen LogP contribution in [0.15, 0.2) is 65.8 Å². The molecule has 3 heterocycles. The van der Waals surface area contributed by atoms with Gasteiger partial charge in [0.25, 0.3) is 5.91 Å². The Hall–Kier alpha value is -3.24. The lowest BCUT2D eigenvalue weighted by Gasteiger charge is -2.37. The molecule has 0 bridgehead atoms. The van der Waals surface area contributed by atoms with Gasteiger partial charge in [0.05, 0.1) is 33.5 Å². The molecule has 2 amide bonds. The normalized spacial score (nSPS) is 25.0. The number of piperazine rings is 1. The SMILES string of the molecule is COc1ccc([Si](C)(C)[C@@H]2[C@@H](CCO)O[C@]3(C(=O)N(C/C=C(\C)CCC=C(C)C)c4ccc(N5CCNCC5=O)cc43)[C@H]2C)cc1. The number of ether oxygens (including phenoxy) is 2. The van der Waals surface area contributed by atoms with Crippen LogP contribution in [0.4, 0.5) is 11.4 Å². The zero-order chi connectivity index (χ0) is 33.2. The fourth-order valence-corrected chi connectivity index (χ4v) is 11.9. The van der Waals surface area contributed by atoms with Crippen molar-refractivity contribution in [3.8, 4) is 5.75 Å². The smallest absolute Gasteiger partial charge is 0.264 e. The number of allylic oxidation sites excluding steroid dienone is 3. The van der Waals surface area contributed by atoms with Crippen molar-refractivity contribution in [2.75, 3.05) is 49.7 Å². The molecule has 1 spiro atoms. The highest BCUT2D eigenvalue weighted by Gasteiger charge is 2.66. The zero-order valence-corrected chi connectivity index (χ0v) is 29.6. The number of nitrogens with one attached hydrogen (secondary N) is 1. The van der Waals surface area contributed by atoms with E-state index < -0.39 is 13.7 Å². The predicted molar refractivity (Wildman–Crippen MR) is 188 cm³/mol. The quantitative estimate of drug-likeness (QED) is 0.256. The molecule has 8 nitrogen and oxygen atoms in total. The van der Waals surface area contributed by atoms with E-state index >= 15 is 0 Å². The second kappa shape index (κ2) is 13.9. The average molecular weight is 646 g/mol. The molecule has 2 aromatic rings. The Morgan fingerprint density at radius 1 is 1.13 bits per heavy atom. The van der Waals surface area contributed by atoms with Crippen molar-refractivity contribution in [1.29, 1.82) is 0 Å². The first kappa shape index (κ1) is 34.1. The molecule has 248 valence electrons. The van der Waals surface area contributed by atoms with Gasteiger partial charge in [-0.05, 0) is 75.9 Å². The third-order valence-corrected chi connectivity index (χ3v) is 14.7. The number of aliphatic hydroxyl groups excluding tert-OH is 1. The molecule has 5 rings (SSSR count). The van der Waals surface area contributed by atoms with Gasteiger partial charge in [-0.3, -0.25) is 9.59 Å². The summed E-state index contributed by atoms with van der Waals surface area (Å²) in [5, 5.41) is 14.6. The van der Waals surface area contributed by atoms with Crippen LogP contribution >= 0.6 is 0 Å². The number of benzene rings is 2. The van der Waals surface area contributed by atoms with Crippen LogP contribution in [-0.4, -0.2) is 71.0 Å². The van der Waals surface area contributed by atoms with E-state index in [-0.39, 0.29) is 36.0 Å². The minimum atomic E-state index is -2.28. The minimum Gasteiger partial charge on any atom is -0.497 e. The van der Waals surface area contributed by atoms with Crippen LogP contribution < -0.4 is 25.0 Å². The number of carbonyl (C=O) groups excluding carboxylic acids is 2. The minimum absolute atomic E-state index is 0.0147. The van der Waals surface area contributed by atoms with Crippen molar-refractivity contribution in [2.24, 2.45) is 5.92 Å². The summed E-state index contributed by atoms with van der Waals surface area (Å²) in [4.78, 5) is 31.5. The van der Waals surface area contributed by atoms with Crippen LogP contribution in [0.1, 0.15) is 52.5 Å². The summed E-state index contributed by atoms with van der Waals surface area (Å²) in [6.07, 6.45) is 6.45. The van der Waals surface area contributed by atoms with E-state index in [1.165, 1.54) is 16.3 Å². The number of hydrogen-bond acceptors (Lipinski definition) is 6. The van der Waals surface area contributed by atoms with Gasteiger partial charge in [-0.1, -0.05) is 60.6 Å². The van der Waals surface area contributed by atoms with Crippen molar-refractivity contribution < 1.29 is 24.2 Å². The standard InChI is InChI=1S/C37H51N3O5Si/c1-25(2)9-8-10-26(3)17-20-40-32-16-11-28(39-21-19-38-24-34(39)42)23-31(32)37(36(40)43)27(4)35(33(45-37)18-22-41)46(6,7)30-14-12-29(44-5)13-15-30/h9,11-17,23,27,33,35,38,41H,8,10,18-22,24H2,1-7H3/b26-17+/t27-,33+,35-,37+/m0/s1. The monoisotopic (exact) mass is 645 g/mol. The van der Waals surface area contributed by atoms with Crippen molar-refractivity contribution in [2.45, 2.75) is 77.3 Å². The van der Waals surface area contributed by atoms with E-state index in [9.17, 15) is 14.7 Å². The molecule has 9 heteroatoms. The third-order valence-electron chi connectivity index (χ3n) is 10.3. The van der Waals surface area contributed by atoms with Crippen LogP contribution in [0, 0.1) is 5.92 Å². The highest BCUT2D eigenvalue weighted by atomic mass is 28.3. The molecule has 0 saturated carbocycles. The van der Waals surface area contributed by atoms with Crippen LogP contribution in [0.25, 0.3) is 0 Å². The van der Waals surface area contributed by atoms with Crippen molar-refractivity contribution in [3.05, 3.63) is 71.3 Å². The summed E-state index contributed by atoms with van der Waals surface area (Å²) in [6, 6.07) is 14.3. The maximum atomic E-state index is 14.9. The lowest BCUT2D eigenvalue weighted by Crippen LogP contribution is -2.52. The van der Waals surface area contributed by atoms with E-state index in [2.05, 4.69) is 70.4 Å². The molecule has 2 N–H and O–H groups in total. The average Bonchev–Trinajstić information content (AvgIpc) is 3.46. The molecule has 3 aliphatic rings. The summed E-state index contributed by atoms with van der Waals surface area (Å²) in [7, 11) is -0.613. The van der Waals surface area contributed by atoms with Crippen LogP contribution in [0.5, 0.6) is 5.75 Å². The van der Waals surface area contributed by atoms with Gasteiger partial charge in [0.2, 0.25) is 5.91 Å². The molecular weight excluding hydrogens is 595 g/mol. The summed E-state index contributed by atoms with van der Waals surface area (Å²) < 4.78 is 12.5. The van der Waals surface area contributed by atoms with Gasteiger partial charge in [0.15, 0.2) is 5.60 Å². The van der Waals surface area contributed by atoms with Gasteiger partial charge in [-0.2, -0.15) is 0 Å². The Balaban J connectivity index is 1.59. The molecule has 0 unspecified atom stereocenters. The first-order chi connectivity index (χ1) is 21.9. The summed E-state index contributed by atoms with van der Waals surface area (Å²) in [6.45, 7) is 15.2. The van der Waals surface area contributed by atoms with E-state index in [4.69, 9.17) is 9.47 Å². The predicted octanol–water partition coefficient (Wildman–Crippen LogP) is 5.27. The van der Waals surface area contributed by atoms with Gasteiger partial charge >= 0.3 is 0 Å². The number of aliphatic hydroxyl groups is 1. The Bertz CT molecular complexity index is 1500. The molecule has 4 atom stereocenters. The number of hydrogen-bond donors (Lipinski definition) is 2.